The average molecular weight is 428 g/mol. The lowest BCUT2D eigenvalue weighted by molar-refractivity contribution is -0.141. The van der Waals surface area contributed by atoms with Crippen molar-refractivity contribution in [2.45, 2.75) is 43.7 Å². The molecule has 1 aromatic carbocycles. The van der Waals surface area contributed by atoms with Crippen molar-refractivity contribution in [2.24, 2.45) is 0 Å². The molecule has 2 aromatic heterocycles. The third-order valence-electron chi connectivity index (χ3n) is 4.90. The SMILES string of the molecule is Cc1nc(SCC(=O)NC(Cc2ccccc2)C(=O)O)c2c3c(sc2n1)CCC3. The van der Waals surface area contributed by atoms with E-state index in [4.69, 9.17) is 0 Å². The van der Waals surface area contributed by atoms with Crippen molar-refractivity contribution in [3.8, 4) is 0 Å². The van der Waals surface area contributed by atoms with Gasteiger partial charge in [0.2, 0.25) is 5.91 Å². The number of carbonyl (C=O) groups excluding carboxylic acids is 1. The first-order valence-corrected chi connectivity index (χ1v) is 11.3. The van der Waals surface area contributed by atoms with Gasteiger partial charge < -0.3 is 10.4 Å². The Bertz CT molecular complexity index is 1070. The average Bonchev–Trinajstić information content (AvgIpc) is 3.27. The van der Waals surface area contributed by atoms with Gasteiger partial charge in [-0.1, -0.05) is 42.1 Å². The molecule has 1 aliphatic rings. The van der Waals surface area contributed by atoms with E-state index in [0.717, 1.165) is 40.1 Å². The van der Waals surface area contributed by atoms with Crippen molar-refractivity contribution in [1.82, 2.24) is 15.3 Å². The van der Waals surface area contributed by atoms with Crippen LogP contribution in [0.3, 0.4) is 0 Å². The molecule has 0 fully saturated rings. The molecule has 0 spiro atoms. The normalized spacial score (nSPS) is 14.0. The van der Waals surface area contributed by atoms with Crippen molar-refractivity contribution in [2.75, 3.05) is 5.75 Å². The fourth-order valence-corrected chi connectivity index (χ4v) is 5.87. The minimum Gasteiger partial charge on any atom is -0.480 e. The maximum atomic E-state index is 12.5. The molecule has 2 N–H and O–H groups in total. The number of nitrogens with zero attached hydrogens (tertiary/aromatic N) is 2. The van der Waals surface area contributed by atoms with Crippen LogP contribution in [0.2, 0.25) is 0 Å². The van der Waals surface area contributed by atoms with Gasteiger partial charge in [-0.15, -0.1) is 11.3 Å². The van der Waals surface area contributed by atoms with Crippen molar-refractivity contribution in [3.05, 3.63) is 52.2 Å². The van der Waals surface area contributed by atoms with E-state index in [0.29, 0.717) is 5.82 Å². The largest absolute Gasteiger partial charge is 0.480 e. The molecule has 0 radical (unpaired) electrons. The summed E-state index contributed by atoms with van der Waals surface area (Å²) < 4.78 is 0. The summed E-state index contributed by atoms with van der Waals surface area (Å²) in [5.41, 5.74) is 2.19. The number of hydrogen-bond donors (Lipinski definition) is 2. The van der Waals surface area contributed by atoms with Crippen LogP contribution in [0.4, 0.5) is 0 Å². The number of benzene rings is 1. The van der Waals surface area contributed by atoms with Crippen LogP contribution in [-0.4, -0.2) is 38.7 Å². The minimum absolute atomic E-state index is 0.120. The molecule has 8 heteroatoms. The monoisotopic (exact) mass is 427 g/mol. The second-order valence-electron chi connectivity index (χ2n) is 7.05. The van der Waals surface area contributed by atoms with Crippen LogP contribution in [0.25, 0.3) is 10.2 Å². The number of nitrogens with one attached hydrogen (secondary N) is 1. The lowest BCUT2D eigenvalue weighted by atomic mass is 10.1. The number of amides is 1. The number of thioether (sulfide) groups is 1. The summed E-state index contributed by atoms with van der Waals surface area (Å²) in [6, 6.07) is 8.34. The van der Waals surface area contributed by atoms with Crippen molar-refractivity contribution in [1.29, 1.82) is 0 Å². The molecule has 1 atom stereocenters. The first kappa shape index (κ1) is 19.8. The lowest BCUT2D eigenvalue weighted by Gasteiger charge is -2.14. The number of carboxylic acids is 1. The maximum absolute atomic E-state index is 12.5. The van der Waals surface area contributed by atoms with Gasteiger partial charge in [0.05, 0.1) is 5.75 Å². The van der Waals surface area contributed by atoms with Crippen LogP contribution >= 0.6 is 23.1 Å². The Morgan fingerprint density at radius 1 is 1.24 bits per heavy atom. The molecule has 0 saturated heterocycles. The van der Waals surface area contributed by atoms with Gasteiger partial charge in [0, 0.05) is 16.7 Å². The summed E-state index contributed by atoms with van der Waals surface area (Å²) >= 11 is 3.08. The van der Waals surface area contributed by atoms with E-state index in [9.17, 15) is 14.7 Å². The Morgan fingerprint density at radius 3 is 2.79 bits per heavy atom. The Kier molecular flexibility index (Phi) is 5.82. The van der Waals surface area contributed by atoms with E-state index >= 15 is 0 Å². The number of aryl methyl sites for hydroxylation is 3. The van der Waals surface area contributed by atoms with Gasteiger partial charge in [0.25, 0.3) is 0 Å². The van der Waals surface area contributed by atoms with Gasteiger partial charge in [-0.25, -0.2) is 14.8 Å². The van der Waals surface area contributed by atoms with E-state index in [-0.39, 0.29) is 18.1 Å². The number of hydrogen-bond acceptors (Lipinski definition) is 6. The fourth-order valence-electron chi connectivity index (χ4n) is 3.59. The summed E-state index contributed by atoms with van der Waals surface area (Å²) in [7, 11) is 0. The number of rotatable bonds is 7. The van der Waals surface area contributed by atoms with Crippen LogP contribution < -0.4 is 5.32 Å². The van der Waals surface area contributed by atoms with Crippen LogP contribution in [0.15, 0.2) is 35.4 Å². The van der Waals surface area contributed by atoms with E-state index in [1.54, 1.807) is 11.3 Å². The highest BCUT2D eigenvalue weighted by Crippen LogP contribution is 2.40. The van der Waals surface area contributed by atoms with E-state index < -0.39 is 12.0 Å². The molecule has 29 heavy (non-hydrogen) atoms. The standard InChI is InChI=1S/C21H21N3O3S2/c1-12-22-19(18-14-8-5-9-16(14)29-20(18)23-12)28-11-17(25)24-15(21(26)27)10-13-6-3-2-4-7-13/h2-4,6-7,15H,5,8-11H2,1H3,(H,24,25)(H,26,27). The van der Waals surface area contributed by atoms with E-state index in [2.05, 4.69) is 15.3 Å². The molecule has 2 heterocycles. The first-order valence-electron chi connectivity index (χ1n) is 9.49. The molecular weight excluding hydrogens is 406 g/mol. The van der Waals surface area contributed by atoms with E-state index in [1.807, 2.05) is 37.3 Å². The molecule has 3 aromatic rings. The second kappa shape index (κ2) is 8.51. The summed E-state index contributed by atoms with van der Waals surface area (Å²) in [5.74, 6) is -0.542. The quantitative estimate of drug-likeness (QED) is 0.444. The number of carbonyl (C=O) groups is 2. The van der Waals surface area contributed by atoms with Gasteiger partial charge in [0.15, 0.2) is 0 Å². The van der Waals surface area contributed by atoms with Gasteiger partial charge >= 0.3 is 5.97 Å². The maximum Gasteiger partial charge on any atom is 0.326 e. The Morgan fingerprint density at radius 2 is 2.03 bits per heavy atom. The fraction of sp³-hybridized carbons (Fsp3) is 0.333. The van der Waals surface area contributed by atoms with Gasteiger partial charge in [-0.3, -0.25) is 4.79 Å². The zero-order chi connectivity index (χ0) is 20.4. The van der Waals surface area contributed by atoms with Crippen molar-refractivity contribution in [3.63, 3.8) is 0 Å². The van der Waals surface area contributed by atoms with Crippen molar-refractivity contribution < 1.29 is 14.7 Å². The smallest absolute Gasteiger partial charge is 0.326 e. The first-order chi connectivity index (χ1) is 14.0. The van der Waals surface area contributed by atoms with Crippen LogP contribution in [0, 0.1) is 6.92 Å². The zero-order valence-electron chi connectivity index (χ0n) is 16.0. The Hall–Kier alpha value is -2.45. The number of fused-ring (bicyclic) bond motifs is 3. The summed E-state index contributed by atoms with van der Waals surface area (Å²) in [4.78, 5) is 35.6. The summed E-state index contributed by atoms with van der Waals surface area (Å²) in [6.07, 6.45) is 3.51. The number of aromatic nitrogens is 2. The molecule has 150 valence electrons. The highest BCUT2D eigenvalue weighted by Gasteiger charge is 2.24. The molecule has 1 unspecified atom stereocenters. The zero-order valence-corrected chi connectivity index (χ0v) is 17.6. The molecule has 1 aliphatic carbocycles. The number of carboxylic acid groups (broad SMARTS) is 1. The Balaban J connectivity index is 1.46. The van der Waals surface area contributed by atoms with Crippen LogP contribution in [-0.2, 0) is 28.9 Å². The molecule has 0 saturated carbocycles. The highest BCUT2D eigenvalue weighted by molar-refractivity contribution is 8.00. The molecular formula is C21H21N3O3S2. The minimum atomic E-state index is -1.04. The topological polar surface area (TPSA) is 92.2 Å². The predicted octanol–water partition coefficient (Wildman–Crippen LogP) is 3.39. The molecule has 0 bridgehead atoms. The van der Waals surface area contributed by atoms with Crippen molar-refractivity contribution >= 4 is 45.2 Å². The van der Waals surface area contributed by atoms with Gasteiger partial charge in [-0.05, 0) is 37.3 Å². The van der Waals surface area contributed by atoms with Gasteiger partial charge in [-0.2, -0.15) is 0 Å². The summed E-state index contributed by atoms with van der Waals surface area (Å²) in [5, 5.41) is 14.0. The summed E-state index contributed by atoms with van der Waals surface area (Å²) in [6.45, 7) is 1.86. The Labute approximate surface area is 176 Å². The second-order valence-corrected chi connectivity index (χ2v) is 9.10. The number of aliphatic carboxylic acids is 1. The van der Waals surface area contributed by atoms with Crippen LogP contribution in [0.5, 0.6) is 0 Å². The molecule has 4 rings (SSSR count). The van der Waals surface area contributed by atoms with Crippen LogP contribution in [0.1, 0.15) is 28.2 Å². The molecule has 6 nitrogen and oxygen atoms in total. The molecule has 0 aliphatic heterocycles. The highest BCUT2D eigenvalue weighted by atomic mass is 32.2. The van der Waals surface area contributed by atoms with E-state index in [1.165, 1.54) is 22.2 Å². The molecule has 1 amide bonds. The third kappa shape index (κ3) is 4.43. The lowest BCUT2D eigenvalue weighted by Crippen LogP contribution is -2.43. The number of thiophene rings is 1. The predicted molar refractivity (Wildman–Crippen MR) is 115 cm³/mol. The van der Waals surface area contributed by atoms with Gasteiger partial charge in [0.1, 0.15) is 21.7 Å². The third-order valence-corrected chi connectivity index (χ3v) is 7.06.